The Morgan fingerprint density at radius 1 is 1.37 bits per heavy atom. The largest absolute Gasteiger partial charge is 0.491 e. The number of carbonyl (C=O) groups excluding carboxylic acids is 1. The van der Waals surface area contributed by atoms with Gasteiger partial charge in [-0.2, -0.15) is 8.78 Å². The Kier molecular flexibility index (Phi) is 5.14. The Balaban J connectivity index is 2.85. The third-order valence-electron chi connectivity index (χ3n) is 2.17. The van der Waals surface area contributed by atoms with Crippen LogP contribution in [0.3, 0.4) is 0 Å². The average Bonchev–Trinajstić information content (AvgIpc) is 2.37. The first-order valence-electron chi connectivity index (χ1n) is 5.58. The minimum Gasteiger partial charge on any atom is -0.491 e. The molecular formula is C12H13F4NO2. The molecule has 0 aliphatic heterocycles. The third-order valence-corrected chi connectivity index (χ3v) is 2.17. The molecule has 106 valence electrons. The SMILES string of the molecule is CCCOc1ccccc1NC(=O)C(F)(F)C(F)F. The van der Waals surface area contributed by atoms with Crippen LogP contribution in [0, 0.1) is 0 Å². The highest BCUT2D eigenvalue weighted by Crippen LogP contribution is 2.28. The van der Waals surface area contributed by atoms with Gasteiger partial charge in [-0.25, -0.2) is 8.78 Å². The number of ether oxygens (including phenoxy) is 1. The number of anilines is 1. The van der Waals surface area contributed by atoms with E-state index in [1.165, 1.54) is 18.2 Å². The van der Waals surface area contributed by atoms with Gasteiger partial charge in [-0.05, 0) is 18.6 Å². The summed E-state index contributed by atoms with van der Waals surface area (Å²) in [5.41, 5.74) is -0.0683. The van der Waals surface area contributed by atoms with E-state index >= 15 is 0 Å². The van der Waals surface area contributed by atoms with Crippen molar-refractivity contribution >= 4 is 11.6 Å². The zero-order valence-electron chi connectivity index (χ0n) is 10.1. The molecule has 0 aliphatic carbocycles. The van der Waals surface area contributed by atoms with Gasteiger partial charge in [0.2, 0.25) is 0 Å². The fraction of sp³-hybridized carbons (Fsp3) is 0.417. The minimum absolute atomic E-state index is 0.0683. The van der Waals surface area contributed by atoms with Crippen molar-refractivity contribution in [1.82, 2.24) is 0 Å². The number of amides is 1. The summed E-state index contributed by atoms with van der Waals surface area (Å²) in [5.74, 6) is -6.64. The summed E-state index contributed by atoms with van der Waals surface area (Å²) in [7, 11) is 0. The summed E-state index contributed by atoms with van der Waals surface area (Å²) in [6.07, 6.45) is -3.38. The van der Waals surface area contributed by atoms with Gasteiger partial charge in [0.15, 0.2) is 0 Å². The zero-order chi connectivity index (χ0) is 14.5. The maximum Gasteiger partial charge on any atom is 0.383 e. The van der Waals surface area contributed by atoms with Crippen molar-refractivity contribution in [3.05, 3.63) is 24.3 Å². The molecule has 3 nitrogen and oxygen atoms in total. The summed E-state index contributed by atoms with van der Waals surface area (Å²) in [5, 5.41) is 1.75. The van der Waals surface area contributed by atoms with Crippen LogP contribution in [0.1, 0.15) is 13.3 Å². The van der Waals surface area contributed by atoms with Crippen molar-refractivity contribution < 1.29 is 27.1 Å². The van der Waals surface area contributed by atoms with Gasteiger partial charge in [0.25, 0.3) is 0 Å². The van der Waals surface area contributed by atoms with E-state index < -0.39 is 18.3 Å². The third kappa shape index (κ3) is 3.84. The number of hydrogen-bond donors (Lipinski definition) is 1. The first kappa shape index (κ1) is 15.3. The number of hydrogen-bond acceptors (Lipinski definition) is 2. The Morgan fingerprint density at radius 2 is 2.00 bits per heavy atom. The topological polar surface area (TPSA) is 38.3 Å². The van der Waals surface area contributed by atoms with Crippen LogP contribution in [0.2, 0.25) is 0 Å². The van der Waals surface area contributed by atoms with Crippen LogP contribution in [-0.4, -0.2) is 24.9 Å². The van der Waals surface area contributed by atoms with Crippen LogP contribution in [0.4, 0.5) is 23.2 Å². The molecule has 1 aromatic carbocycles. The van der Waals surface area contributed by atoms with Crippen molar-refractivity contribution in [2.45, 2.75) is 25.7 Å². The molecule has 1 N–H and O–H groups in total. The summed E-state index contributed by atoms with van der Waals surface area (Å²) < 4.78 is 54.9. The van der Waals surface area contributed by atoms with E-state index in [1.807, 2.05) is 6.92 Å². The van der Waals surface area contributed by atoms with E-state index in [-0.39, 0.29) is 11.4 Å². The molecule has 0 aromatic heterocycles. The Labute approximate surface area is 107 Å². The lowest BCUT2D eigenvalue weighted by Gasteiger charge is -2.16. The Bertz CT molecular complexity index is 437. The van der Waals surface area contributed by atoms with Crippen molar-refractivity contribution in [1.29, 1.82) is 0 Å². The number of benzene rings is 1. The fourth-order valence-corrected chi connectivity index (χ4v) is 1.21. The van der Waals surface area contributed by atoms with Gasteiger partial charge in [-0.3, -0.25) is 4.79 Å². The smallest absolute Gasteiger partial charge is 0.383 e. The van der Waals surface area contributed by atoms with Crippen LogP contribution in [0.25, 0.3) is 0 Å². The van der Waals surface area contributed by atoms with E-state index in [4.69, 9.17) is 4.74 Å². The van der Waals surface area contributed by atoms with E-state index in [2.05, 4.69) is 0 Å². The van der Waals surface area contributed by atoms with E-state index in [0.717, 1.165) is 0 Å². The van der Waals surface area contributed by atoms with Crippen molar-refractivity contribution in [3.63, 3.8) is 0 Å². The molecule has 1 aromatic rings. The lowest BCUT2D eigenvalue weighted by Crippen LogP contribution is -2.41. The predicted octanol–water partition coefficient (Wildman–Crippen LogP) is 3.31. The normalized spacial score (nSPS) is 11.5. The first-order chi connectivity index (χ1) is 8.89. The number of rotatable bonds is 6. The predicted molar refractivity (Wildman–Crippen MR) is 61.8 cm³/mol. The van der Waals surface area contributed by atoms with Gasteiger partial charge in [-0.1, -0.05) is 19.1 Å². The molecule has 0 radical (unpaired) electrons. The molecule has 0 saturated carbocycles. The minimum atomic E-state index is -4.74. The molecular weight excluding hydrogens is 266 g/mol. The second-order valence-electron chi connectivity index (χ2n) is 3.72. The molecule has 0 fully saturated rings. The number of alkyl halides is 4. The van der Waals surface area contributed by atoms with Crippen molar-refractivity contribution in [3.8, 4) is 5.75 Å². The van der Waals surface area contributed by atoms with Crippen LogP contribution in [0.15, 0.2) is 24.3 Å². The Morgan fingerprint density at radius 3 is 2.58 bits per heavy atom. The van der Waals surface area contributed by atoms with Crippen LogP contribution < -0.4 is 10.1 Å². The second kappa shape index (κ2) is 6.40. The fourth-order valence-electron chi connectivity index (χ4n) is 1.21. The highest BCUT2D eigenvalue weighted by atomic mass is 19.3. The van der Waals surface area contributed by atoms with Crippen LogP contribution in [0.5, 0.6) is 5.75 Å². The molecule has 1 amide bonds. The second-order valence-corrected chi connectivity index (χ2v) is 3.72. The highest BCUT2D eigenvalue weighted by Gasteiger charge is 2.49. The molecule has 1 rings (SSSR count). The standard InChI is InChI=1S/C12H13F4NO2/c1-2-7-19-9-6-4-3-5-8(9)17-11(18)12(15,16)10(13)14/h3-6,10H,2,7H2,1H3,(H,17,18). The van der Waals surface area contributed by atoms with Crippen LogP contribution >= 0.6 is 0 Å². The van der Waals surface area contributed by atoms with Gasteiger partial charge in [0, 0.05) is 0 Å². The maximum atomic E-state index is 12.8. The molecule has 0 saturated heterocycles. The van der Waals surface area contributed by atoms with Gasteiger partial charge in [0.05, 0.1) is 12.3 Å². The quantitative estimate of drug-likeness (QED) is 0.811. The Hall–Kier alpha value is -1.79. The molecule has 0 aliphatic rings. The molecule has 0 heterocycles. The lowest BCUT2D eigenvalue weighted by molar-refractivity contribution is -0.163. The van der Waals surface area contributed by atoms with Crippen LogP contribution in [-0.2, 0) is 4.79 Å². The van der Waals surface area contributed by atoms with Gasteiger partial charge < -0.3 is 10.1 Å². The number of nitrogens with one attached hydrogen (secondary N) is 1. The van der Waals surface area contributed by atoms with E-state index in [9.17, 15) is 22.4 Å². The first-order valence-corrected chi connectivity index (χ1v) is 5.58. The lowest BCUT2D eigenvalue weighted by atomic mass is 10.2. The number of halogens is 4. The summed E-state index contributed by atoms with van der Waals surface area (Å²) in [4.78, 5) is 11.1. The molecule has 0 unspecified atom stereocenters. The number of carbonyl (C=O) groups is 1. The van der Waals surface area contributed by atoms with E-state index in [1.54, 1.807) is 11.4 Å². The molecule has 7 heteroatoms. The van der Waals surface area contributed by atoms with Gasteiger partial charge in [0.1, 0.15) is 5.75 Å². The maximum absolute atomic E-state index is 12.8. The van der Waals surface area contributed by atoms with Gasteiger partial charge in [-0.15, -0.1) is 0 Å². The molecule has 0 bridgehead atoms. The molecule has 0 atom stereocenters. The number of para-hydroxylation sites is 2. The summed E-state index contributed by atoms with van der Waals surface area (Å²) in [6.45, 7) is 2.16. The summed E-state index contributed by atoms with van der Waals surface area (Å²) in [6, 6.07) is 5.79. The monoisotopic (exact) mass is 279 g/mol. The zero-order valence-corrected chi connectivity index (χ0v) is 10.1. The highest BCUT2D eigenvalue weighted by molar-refractivity contribution is 5.97. The van der Waals surface area contributed by atoms with E-state index in [0.29, 0.717) is 13.0 Å². The van der Waals surface area contributed by atoms with Gasteiger partial charge >= 0.3 is 18.3 Å². The summed E-state index contributed by atoms with van der Waals surface area (Å²) >= 11 is 0. The molecule has 19 heavy (non-hydrogen) atoms. The average molecular weight is 279 g/mol. The molecule has 0 spiro atoms. The van der Waals surface area contributed by atoms with Crippen molar-refractivity contribution in [2.24, 2.45) is 0 Å². The van der Waals surface area contributed by atoms with Crippen molar-refractivity contribution in [2.75, 3.05) is 11.9 Å².